The maximum absolute atomic E-state index is 10.4. The molecule has 3 aromatic rings. The van der Waals surface area contributed by atoms with Crippen molar-refractivity contribution < 1.29 is 5.11 Å². The molecule has 2 heteroatoms. The Hall–Kier alpha value is -2.79. The number of aromatic hydroxyl groups is 1. The van der Waals surface area contributed by atoms with Gasteiger partial charge in [0.1, 0.15) is 5.75 Å². The van der Waals surface area contributed by atoms with E-state index in [9.17, 15) is 10.4 Å². The number of hydrogen-bond donors (Lipinski definition) is 1. The maximum atomic E-state index is 10.4. The molecule has 0 aliphatic carbocycles. The third-order valence-electron chi connectivity index (χ3n) is 3.76. The lowest BCUT2D eigenvalue weighted by Crippen LogP contribution is -1.92. The number of phenols is 1. The van der Waals surface area contributed by atoms with Crippen LogP contribution in [-0.2, 0) is 0 Å². The van der Waals surface area contributed by atoms with E-state index in [-0.39, 0.29) is 5.75 Å². The minimum Gasteiger partial charge on any atom is -0.507 e. The molecule has 0 amide bonds. The van der Waals surface area contributed by atoms with Crippen LogP contribution < -0.4 is 0 Å². The molecular weight excluding hydrogens is 258 g/mol. The zero-order chi connectivity index (χ0) is 15.0. The van der Waals surface area contributed by atoms with Gasteiger partial charge in [0.15, 0.2) is 0 Å². The average Bonchev–Trinajstić information content (AvgIpc) is 2.46. The Bertz CT molecular complexity index is 865. The summed E-state index contributed by atoms with van der Waals surface area (Å²) in [5, 5.41) is 21.9. The molecule has 2 nitrogen and oxygen atoms in total. The van der Waals surface area contributed by atoms with Gasteiger partial charge >= 0.3 is 0 Å². The zero-order valence-corrected chi connectivity index (χ0v) is 12.0. The number of rotatable bonds is 1. The van der Waals surface area contributed by atoms with Gasteiger partial charge < -0.3 is 5.11 Å². The molecule has 0 aliphatic heterocycles. The molecular formula is C19H15NO. The number of phenolic OH excluding ortho intramolecular Hbond substituents is 1. The van der Waals surface area contributed by atoms with Crippen LogP contribution in [0.1, 0.15) is 16.7 Å². The Balaban J connectivity index is 2.48. The van der Waals surface area contributed by atoms with Crippen molar-refractivity contribution in [3.63, 3.8) is 0 Å². The molecule has 3 rings (SSSR count). The van der Waals surface area contributed by atoms with E-state index in [4.69, 9.17) is 0 Å². The molecule has 0 fully saturated rings. The molecule has 3 aromatic carbocycles. The van der Waals surface area contributed by atoms with Crippen LogP contribution in [0.2, 0.25) is 0 Å². The Labute approximate surface area is 123 Å². The summed E-state index contributed by atoms with van der Waals surface area (Å²) < 4.78 is 0. The first-order valence-corrected chi connectivity index (χ1v) is 6.84. The highest BCUT2D eigenvalue weighted by molar-refractivity contribution is 6.01. The maximum Gasteiger partial charge on any atom is 0.124 e. The highest BCUT2D eigenvalue weighted by Crippen LogP contribution is 2.39. The van der Waals surface area contributed by atoms with E-state index in [0.29, 0.717) is 5.56 Å². The zero-order valence-electron chi connectivity index (χ0n) is 12.0. The Morgan fingerprint density at radius 3 is 2.43 bits per heavy atom. The first-order valence-electron chi connectivity index (χ1n) is 6.84. The largest absolute Gasteiger partial charge is 0.507 e. The molecule has 0 spiro atoms. The van der Waals surface area contributed by atoms with Crippen molar-refractivity contribution in [3.05, 3.63) is 65.2 Å². The fraction of sp³-hybridized carbons (Fsp3) is 0.105. The highest BCUT2D eigenvalue weighted by Gasteiger charge is 2.16. The number of fused-ring (bicyclic) bond motifs is 1. The van der Waals surface area contributed by atoms with E-state index < -0.39 is 0 Å². The van der Waals surface area contributed by atoms with Crippen molar-refractivity contribution >= 4 is 10.8 Å². The second-order valence-corrected chi connectivity index (χ2v) is 5.30. The fourth-order valence-corrected chi connectivity index (χ4v) is 2.90. The molecule has 1 N–H and O–H groups in total. The minimum atomic E-state index is 0.223. The summed E-state index contributed by atoms with van der Waals surface area (Å²) in [7, 11) is 0. The Kier molecular flexibility index (Phi) is 3.12. The van der Waals surface area contributed by atoms with E-state index in [2.05, 4.69) is 6.07 Å². The monoisotopic (exact) mass is 273 g/mol. The topological polar surface area (TPSA) is 44.0 Å². The van der Waals surface area contributed by atoms with Crippen LogP contribution in [0.15, 0.2) is 48.5 Å². The van der Waals surface area contributed by atoms with Gasteiger partial charge in [0, 0.05) is 11.1 Å². The number of benzene rings is 3. The molecule has 21 heavy (non-hydrogen) atoms. The lowest BCUT2D eigenvalue weighted by atomic mass is 9.90. The van der Waals surface area contributed by atoms with Crippen molar-refractivity contribution in [2.75, 3.05) is 0 Å². The van der Waals surface area contributed by atoms with Gasteiger partial charge in [-0.25, -0.2) is 0 Å². The van der Waals surface area contributed by atoms with Gasteiger partial charge in [-0.05, 0) is 47.9 Å². The first-order chi connectivity index (χ1) is 10.1. The predicted octanol–water partition coefficient (Wildman–Crippen LogP) is 4.70. The highest BCUT2D eigenvalue weighted by atomic mass is 16.3. The summed E-state index contributed by atoms with van der Waals surface area (Å²) in [5.74, 6) is 0.223. The first kappa shape index (κ1) is 13.2. The van der Waals surface area contributed by atoms with Crippen molar-refractivity contribution in [1.82, 2.24) is 0 Å². The molecule has 0 unspecified atom stereocenters. The second-order valence-electron chi connectivity index (χ2n) is 5.30. The summed E-state index contributed by atoms with van der Waals surface area (Å²) in [5.41, 5.74) is 4.11. The van der Waals surface area contributed by atoms with E-state index in [1.165, 1.54) is 0 Å². The van der Waals surface area contributed by atoms with Crippen molar-refractivity contribution in [2.24, 2.45) is 0 Å². The van der Waals surface area contributed by atoms with Gasteiger partial charge in [0.05, 0.1) is 11.6 Å². The summed E-state index contributed by atoms with van der Waals surface area (Å²) in [6, 6.07) is 17.7. The molecule has 0 saturated carbocycles. The van der Waals surface area contributed by atoms with E-state index in [1.54, 1.807) is 6.07 Å². The Morgan fingerprint density at radius 2 is 1.71 bits per heavy atom. The summed E-state index contributed by atoms with van der Waals surface area (Å²) in [6.07, 6.45) is 0. The number of aryl methyl sites for hydroxylation is 2. The van der Waals surface area contributed by atoms with Crippen LogP contribution in [0.5, 0.6) is 5.75 Å². The van der Waals surface area contributed by atoms with Crippen molar-refractivity contribution in [2.45, 2.75) is 13.8 Å². The van der Waals surface area contributed by atoms with Crippen molar-refractivity contribution in [1.29, 1.82) is 5.26 Å². The average molecular weight is 273 g/mol. The summed E-state index contributed by atoms with van der Waals surface area (Å²) in [4.78, 5) is 0. The molecule has 0 radical (unpaired) electrons. The lowest BCUT2D eigenvalue weighted by Gasteiger charge is -2.14. The lowest BCUT2D eigenvalue weighted by molar-refractivity contribution is 0.476. The van der Waals surface area contributed by atoms with Crippen LogP contribution in [0.4, 0.5) is 0 Å². The van der Waals surface area contributed by atoms with Gasteiger partial charge in [-0.3, -0.25) is 0 Å². The van der Waals surface area contributed by atoms with Crippen molar-refractivity contribution in [3.8, 4) is 22.9 Å². The van der Waals surface area contributed by atoms with E-state index in [0.717, 1.165) is 33.0 Å². The van der Waals surface area contributed by atoms with Crippen LogP contribution in [0.25, 0.3) is 21.9 Å². The minimum absolute atomic E-state index is 0.223. The molecule has 102 valence electrons. The third kappa shape index (κ3) is 2.13. The van der Waals surface area contributed by atoms with Crippen LogP contribution in [0.3, 0.4) is 0 Å². The summed E-state index contributed by atoms with van der Waals surface area (Å²) >= 11 is 0. The molecule has 0 saturated heterocycles. The molecule has 0 bridgehead atoms. The standard InChI is InChI=1S/C19H15NO/c1-12-9-13(2)18(17(21)10-12)19-15(11-20)8-7-14-5-3-4-6-16(14)19/h3-10,21H,1-2H3. The number of hydrogen-bond acceptors (Lipinski definition) is 2. The van der Waals surface area contributed by atoms with Crippen LogP contribution in [-0.4, -0.2) is 5.11 Å². The number of nitriles is 1. The summed E-state index contributed by atoms with van der Waals surface area (Å²) in [6.45, 7) is 3.91. The smallest absolute Gasteiger partial charge is 0.124 e. The second kappa shape index (κ2) is 4.96. The molecule has 0 aliphatic rings. The van der Waals surface area contributed by atoms with E-state index in [1.807, 2.05) is 56.3 Å². The van der Waals surface area contributed by atoms with Gasteiger partial charge in [0.25, 0.3) is 0 Å². The SMILES string of the molecule is Cc1cc(C)c(-c2c(C#N)ccc3ccccc23)c(O)c1. The van der Waals surface area contributed by atoms with E-state index >= 15 is 0 Å². The molecule has 0 aromatic heterocycles. The van der Waals surface area contributed by atoms with Crippen LogP contribution >= 0.6 is 0 Å². The normalized spacial score (nSPS) is 10.5. The molecule has 0 heterocycles. The quantitative estimate of drug-likeness (QED) is 0.698. The van der Waals surface area contributed by atoms with Crippen LogP contribution in [0, 0.1) is 25.2 Å². The van der Waals surface area contributed by atoms with Gasteiger partial charge in [-0.15, -0.1) is 0 Å². The van der Waals surface area contributed by atoms with Gasteiger partial charge in [-0.1, -0.05) is 36.4 Å². The fourth-order valence-electron chi connectivity index (χ4n) is 2.90. The third-order valence-corrected chi connectivity index (χ3v) is 3.76. The van der Waals surface area contributed by atoms with Gasteiger partial charge in [0.2, 0.25) is 0 Å². The Morgan fingerprint density at radius 1 is 0.952 bits per heavy atom. The predicted molar refractivity (Wildman–Crippen MR) is 85.2 cm³/mol. The van der Waals surface area contributed by atoms with Gasteiger partial charge in [-0.2, -0.15) is 5.26 Å². The number of nitrogens with zero attached hydrogens (tertiary/aromatic N) is 1. The molecule has 0 atom stereocenters.